The number of hydrogen-bond donors (Lipinski definition) is 0. The number of aryl methyl sites for hydroxylation is 1. The third-order valence-electron chi connectivity index (χ3n) is 4.70. The summed E-state index contributed by atoms with van der Waals surface area (Å²) < 4.78 is 15.3. The third-order valence-corrected chi connectivity index (χ3v) is 5.09. The van der Waals surface area contributed by atoms with E-state index in [-0.39, 0.29) is 6.04 Å². The minimum Gasteiger partial charge on any atom is -0.292 e. The second-order valence-electron chi connectivity index (χ2n) is 6.26. The van der Waals surface area contributed by atoms with Gasteiger partial charge in [0, 0.05) is 12.7 Å². The van der Waals surface area contributed by atoms with Gasteiger partial charge in [-0.05, 0) is 50.1 Å². The SMILES string of the molecule is CN(Cc1nc2cccc(F)n2c1Cl)C1CCCc2cccnc21. The van der Waals surface area contributed by atoms with Crippen molar-refractivity contribution in [1.82, 2.24) is 19.3 Å². The first-order chi connectivity index (χ1) is 11.6. The molecule has 0 amide bonds. The molecule has 4 nitrogen and oxygen atoms in total. The van der Waals surface area contributed by atoms with Gasteiger partial charge in [0.1, 0.15) is 10.8 Å². The van der Waals surface area contributed by atoms with E-state index in [0.717, 1.165) is 25.0 Å². The molecule has 0 saturated carbocycles. The average Bonchev–Trinajstić information content (AvgIpc) is 2.91. The lowest BCUT2D eigenvalue weighted by Gasteiger charge is -2.31. The van der Waals surface area contributed by atoms with Gasteiger partial charge in [-0.25, -0.2) is 4.98 Å². The van der Waals surface area contributed by atoms with Gasteiger partial charge in [-0.2, -0.15) is 4.39 Å². The van der Waals surface area contributed by atoms with Gasteiger partial charge < -0.3 is 0 Å². The van der Waals surface area contributed by atoms with E-state index in [9.17, 15) is 4.39 Å². The molecule has 0 aliphatic heterocycles. The number of fused-ring (bicyclic) bond motifs is 2. The van der Waals surface area contributed by atoms with Crippen molar-refractivity contribution in [3.8, 4) is 0 Å². The molecule has 0 N–H and O–H groups in total. The Morgan fingerprint density at radius 2 is 2.21 bits per heavy atom. The average molecular weight is 345 g/mol. The van der Waals surface area contributed by atoms with Crippen molar-refractivity contribution in [2.45, 2.75) is 31.8 Å². The summed E-state index contributed by atoms with van der Waals surface area (Å²) in [6.45, 7) is 0.556. The molecule has 3 aromatic heterocycles. The van der Waals surface area contributed by atoms with Crippen LogP contribution in [0.25, 0.3) is 5.65 Å². The smallest absolute Gasteiger partial charge is 0.200 e. The van der Waals surface area contributed by atoms with Crippen molar-refractivity contribution in [2.75, 3.05) is 7.05 Å². The van der Waals surface area contributed by atoms with Crippen LogP contribution in [0.4, 0.5) is 4.39 Å². The van der Waals surface area contributed by atoms with E-state index in [2.05, 4.69) is 20.9 Å². The minimum atomic E-state index is -0.399. The molecular formula is C18H18ClFN4. The molecule has 0 saturated heterocycles. The monoisotopic (exact) mass is 344 g/mol. The molecule has 3 heterocycles. The summed E-state index contributed by atoms with van der Waals surface area (Å²) in [5.41, 5.74) is 3.67. The molecule has 24 heavy (non-hydrogen) atoms. The molecule has 1 unspecified atom stereocenters. The fourth-order valence-electron chi connectivity index (χ4n) is 3.53. The van der Waals surface area contributed by atoms with Gasteiger partial charge >= 0.3 is 0 Å². The van der Waals surface area contributed by atoms with Crippen LogP contribution in [-0.4, -0.2) is 26.3 Å². The first kappa shape index (κ1) is 15.5. The second kappa shape index (κ2) is 6.15. The topological polar surface area (TPSA) is 33.4 Å². The summed E-state index contributed by atoms with van der Waals surface area (Å²) >= 11 is 6.36. The van der Waals surface area contributed by atoms with Crippen LogP contribution in [0.3, 0.4) is 0 Å². The van der Waals surface area contributed by atoms with E-state index in [1.165, 1.54) is 16.0 Å². The zero-order chi connectivity index (χ0) is 16.7. The number of aromatic nitrogens is 3. The lowest BCUT2D eigenvalue weighted by molar-refractivity contribution is 0.206. The molecule has 1 aliphatic carbocycles. The molecule has 0 fully saturated rings. The summed E-state index contributed by atoms with van der Waals surface area (Å²) in [5, 5.41) is 0.340. The van der Waals surface area contributed by atoms with Gasteiger partial charge in [-0.1, -0.05) is 23.7 Å². The lowest BCUT2D eigenvalue weighted by atomic mass is 9.91. The first-order valence-corrected chi connectivity index (χ1v) is 8.48. The van der Waals surface area contributed by atoms with E-state index in [1.807, 2.05) is 19.3 Å². The second-order valence-corrected chi connectivity index (χ2v) is 6.62. The number of hydrogen-bond acceptors (Lipinski definition) is 3. The molecule has 3 aromatic rings. The number of rotatable bonds is 3. The molecule has 1 aliphatic rings. The molecule has 1 atom stereocenters. The maximum Gasteiger partial charge on any atom is 0.200 e. The van der Waals surface area contributed by atoms with Gasteiger partial charge in [0.15, 0.2) is 0 Å². The highest BCUT2D eigenvalue weighted by Gasteiger charge is 2.26. The third kappa shape index (κ3) is 2.58. The number of pyridine rings is 2. The van der Waals surface area contributed by atoms with Crippen molar-refractivity contribution < 1.29 is 4.39 Å². The van der Waals surface area contributed by atoms with Crippen LogP contribution in [0.15, 0.2) is 36.5 Å². The van der Waals surface area contributed by atoms with Crippen LogP contribution < -0.4 is 0 Å². The van der Waals surface area contributed by atoms with Crippen molar-refractivity contribution in [1.29, 1.82) is 0 Å². The Morgan fingerprint density at radius 3 is 3.04 bits per heavy atom. The standard InChI is InChI=1S/C18H18ClFN4/c1-23(14-7-2-5-12-6-4-10-21-17(12)14)11-13-18(19)24-15(20)8-3-9-16(24)22-13/h3-4,6,8-10,14H,2,5,7,11H2,1H3. The minimum absolute atomic E-state index is 0.237. The summed E-state index contributed by atoms with van der Waals surface area (Å²) in [7, 11) is 2.05. The van der Waals surface area contributed by atoms with Gasteiger partial charge in [-0.15, -0.1) is 0 Å². The van der Waals surface area contributed by atoms with E-state index in [1.54, 1.807) is 12.1 Å². The highest BCUT2D eigenvalue weighted by atomic mass is 35.5. The highest BCUT2D eigenvalue weighted by molar-refractivity contribution is 6.30. The molecule has 6 heteroatoms. The molecule has 4 rings (SSSR count). The Kier molecular flexibility index (Phi) is 3.98. The Labute approximate surface area is 144 Å². The van der Waals surface area contributed by atoms with Gasteiger partial charge in [0.2, 0.25) is 5.95 Å². The summed E-state index contributed by atoms with van der Waals surface area (Å²) in [4.78, 5) is 11.3. The number of nitrogens with zero attached hydrogens (tertiary/aromatic N) is 4. The van der Waals surface area contributed by atoms with Crippen molar-refractivity contribution in [3.63, 3.8) is 0 Å². The number of halogens is 2. The molecule has 0 spiro atoms. The van der Waals surface area contributed by atoms with E-state index < -0.39 is 5.95 Å². The van der Waals surface area contributed by atoms with Crippen molar-refractivity contribution >= 4 is 17.2 Å². The van der Waals surface area contributed by atoms with Crippen LogP contribution in [0.5, 0.6) is 0 Å². The number of imidazole rings is 1. The molecule has 0 radical (unpaired) electrons. The molecular weight excluding hydrogens is 327 g/mol. The van der Waals surface area contributed by atoms with Gasteiger partial charge in [0.05, 0.1) is 17.4 Å². The maximum atomic E-state index is 14.0. The Balaban J connectivity index is 1.65. The zero-order valence-corrected chi connectivity index (χ0v) is 14.2. The molecule has 124 valence electrons. The van der Waals surface area contributed by atoms with Crippen LogP contribution >= 0.6 is 11.6 Å². The summed E-state index contributed by atoms with van der Waals surface area (Å²) in [6, 6.07) is 9.16. The maximum absolute atomic E-state index is 14.0. The van der Waals surface area contributed by atoms with Gasteiger partial charge in [0.25, 0.3) is 0 Å². The van der Waals surface area contributed by atoms with Crippen LogP contribution in [0.2, 0.25) is 5.15 Å². The normalized spacial score (nSPS) is 17.4. The summed E-state index contributed by atoms with van der Waals surface area (Å²) in [5.74, 6) is -0.399. The van der Waals surface area contributed by atoms with E-state index in [4.69, 9.17) is 11.6 Å². The Bertz CT molecular complexity index is 892. The zero-order valence-electron chi connectivity index (χ0n) is 13.4. The van der Waals surface area contributed by atoms with E-state index >= 15 is 0 Å². The van der Waals surface area contributed by atoms with Crippen LogP contribution in [-0.2, 0) is 13.0 Å². The lowest BCUT2D eigenvalue weighted by Crippen LogP contribution is -2.28. The molecule has 0 aromatic carbocycles. The van der Waals surface area contributed by atoms with Gasteiger partial charge in [-0.3, -0.25) is 14.3 Å². The largest absolute Gasteiger partial charge is 0.292 e. The fraction of sp³-hybridized carbons (Fsp3) is 0.333. The van der Waals surface area contributed by atoms with Crippen LogP contribution in [0.1, 0.15) is 35.8 Å². The highest BCUT2D eigenvalue weighted by Crippen LogP contribution is 2.33. The predicted molar refractivity (Wildman–Crippen MR) is 91.5 cm³/mol. The Morgan fingerprint density at radius 1 is 1.33 bits per heavy atom. The fourth-order valence-corrected chi connectivity index (χ4v) is 3.80. The van der Waals surface area contributed by atoms with Crippen LogP contribution in [0, 0.1) is 5.95 Å². The van der Waals surface area contributed by atoms with Crippen molar-refractivity contribution in [2.24, 2.45) is 0 Å². The summed E-state index contributed by atoms with van der Waals surface area (Å²) in [6.07, 6.45) is 5.12. The molecule has 0 bridgehead atoms. The predicted octanol–water partition coefficient (Wildman–Crippen LogP) is 4.03. The first-order valence-electron chi connectivity index (χ1n) is 8.10. The van der Waals surface area contributed by atoms with E-state index in [0.29, 0.717) is 23.0 Å². The quantitative estimate of drug-likeness (QED) is 0.672. The van der Waals surface area contributed by atoms with Crippen molar-refractivity contribution in [3.05, 3.63) is 64.6 Å². The Hall–Kier alpha value is -1.98.